The maximum Gasteiger partial charge on any atom is 0.227 e. The smallest absolute Gasteiger partial charge is 0.227 e. The molecule has 0 radical (unpaired) electrons. The maximum absolute atomic E-state index is 12.1. The van der Waals surface area contributed by atoms with Crippen LogP contribution < -0.4 is 15.4 Å². The van der Waals surface area contributed by atoms with Gasteiger partial charge in [0, 0.05) is 36.1 Å². The Balaban J connectivity index is 1.51. The molecule has 3 rings (SSSR count). The first-order valence-electron chi connectivity index (χ1n) is 8.24. The van der Waals surface area contributed by atoms with Crippen LogP contribution >= 0.6 is 0 Å². The van der Waals surface area contributed by atoms with Crippen molar-refractivity contribution in [3.8, 4) is 5.75 Å². The Morgan fingerprint density at radius 1 is 1.38 bits per heavy atom. The Labute approximate surface area is 141 Å². The summed E-state index contributed by atoms with van der Waals surface area (Å²) in [5.74, 6) is 2.30. The van der Waals surface area contributed by atoms with E-state index in [1.54, 1.807) is 13.0 Å². The predicted molar refractivity (Wildman–Crippen MR) is 91.2 cm³/mol. The molecule has 2 heterocycles. The van der Waals surface area contributed by atoms with Gasteiger partial charge >= 0.3 is 0 Å². The zero-order valence-corrected chi connectivity index (χ0v) is 14.2. The molecule has 6 heteroatoms. The second kappa shape index (κ2) is 7.05. The molecule has 1 aromatic carbocycles. The molecule has 1 aliphatic rings. The molecule has 1 aromatic heterocycles. The highest BCUT2D eigenvalue weighted by molar-refractivity contribution is 5.90. The van der Waals surface area contributed by atoms with Crippen LogP contribution in [0.25, 0.3) is 0 Å². The number of aryl methyl sites for hydroxylation is 1. The van der Waals surface area contributed by atoms with Crippen molar-refractivity contribution in [1.82, 2.24) is 10.5 Å². The molecule has 3 atom stereocenters. The van der Waals surface area contributed by atoms with Crippen LogP contribution in [0.5, 0.6) is 5.75 Å². The molecule has 1 aliphatic heterocycles. The number of amides is 1. The van der Waals surface area contributed by atoms with Crippen molar-refractivity contribution < 1.29 is 14.1 Å². The SMILES string of the molecule is Cc1cc(NC(=O)C[C@H](C)N[C@@H](C)[C@H]2COc3ccccc32)no1. The fourth-order valence-electron chi connectivity index (χ4n) is 3.12. The first-order chi connectivity index (χ1) is 11.5. The van der Waals surface area contributed by atoms with Gasteiger partial charge in [-0.1, -0.05) is 23.4 Å². The van der Waals surface area contributed by atoms with E-state index in [0.717, 1.165) is 5.75 Å². The molecule has 2 N–H and O–H groups in total. The second-order valence-corrected chi connectivity index (χ2v) is 6.39. The monoisotopic (exact) mass is 329 g/mol. The number of aromatic nitrogens is 1. The van der Waals surface area contributed by atoms with Crippen LogP contribution in [0.4, 0.5) is 5.82 Å². The zero-order chi connectivity index (χ0) is 17.1. The first kappa shape index (κ1) is 16.5. The summed E-state index contributed by atoms with van der Waals surface area (Å²) in [6.07, 6.45) is 0.367. The molecule has 128 valence electrons. The number of hydrogen-bond donors (Lipinski definition) is 2. The molecular formula is C18H23N3O3. The Hall–Kier alpha value is -2.34. The minimum atomic E-state index is -0.0847. The summed E-state index contributed by atoms with van der Waals surface area (Å²) in [6, 6.07) is 10.1. The summed E-state index contributed by atoms with van der Waals surface area (Å²) in [5.41, 5.74) is 1.23. The maximum atomic E-state index is 12.1. The van der Waals surface area contributed by atoms with Crippen molar-refractivity contribution in [2.75, 3.05) is 11.9 Å². The average molecular weight is 329 g/mol. The van der Waals surface area contributed by atoms with E-state index in [2.05, 4.69) is 28.8 Å². The standard InChI is InChI=1S/C18H23N3O3/c1-11(8-18(22)20-17-9-12(2)24-21-17)19-13(3)15-10-23-16-7-5-4-6-14(15)16/h4-7,9,11,13,15,19H,8,10H2,1-3H3,(H,20,21,22)/t11-,13-,15+/m0/s1. The first-order valence-corrected chi connectivity index (χ1v) is 8.24. The van der Waals surface area contributed by atoms with Gasteiger partial charge in [0.05, 0.1) is 6.61 Å². The van der Waals surface area contributed by atoms with Crippen LogP contribution in [0.15, 0.2) is 34.9 Å². The van der Waals surface area contributed by atoms with Crippen LogP contribution in [0.3, 0.4) is 0 Å². The minimum absolute atomic E-state index is 0.0424. The molecule has 0 fully saturated rings. The van der Waals surface area contributed by atoms with Gasteiger partial charge in [0.15, 0.2) is 5.82 Å². The Kier molecular flexibility index (Phi) is 4.85. The Morgan fingerprint density at radius 2 is 2.17 bits per heavy atom. The fourth-order valence-corrected chi connectivity index (χ4v) is 3.12. The predicted octanol–water partition coefficient (Wildman–Crippen LogP) is 2.85. The molecule has 0 saturated heterocycles. The highest BCUT2D eigenvalue weighted by Crippen LogP contribution is 2.35. The number of hydrogen-bond acceptors (Lipinski definition) is 5. The van der Waals surface area contributed by atoms with Crippen molar-refractivity contribution >= 4 is 11.7 Å². The topological polar surface area (TPSA) is 76.4 Å². The van der Waals surface area contributed by atoms with E-state index < -0.39 is 0 Å². The van der Waals surface area contributed by atoms with Gasteiger partial charge in [-0.25, -0.2) is 0 Å². The van der Waals surface area contributed by atoms with E-state index in [9.17, 15) is 4.79 Å². The lowest BCUT2D eigenvalue weighted by Crippen LogP contribution is -2.40. The van der Waals surface area contributed by atoms with Gasteiger partial charge < -0.3 is 19.9 Å². The highest BCUT2D eigenvalue weighted by atomic mass is 16.5. The van der Waals surface area contributed by atoms with E-state index in [4.69, 9.17) is 9.26 Å². The lowest BCUT2D eigenvalue weighted by atomic mass is 9.94. The number of anilines is 1. The van der Waals surface area contributed by atoms with Gasteiger partial charge in [0.1, 0.15) is 11.5 Å². The van der Waals surface area contributed by atoms with E-state index in [-0.39, 0.29) is 18.0 Å². The molecule has 0 saturated carbocycles. The Morgan fingerprint density at radius 3 is 2.92 bits per heavy atom. The average Bonchev–Trinajstić information content (AvgIpc) is 3.13. The van der Waals surface area contributed by atoms with Gasteiger partial charge in [-0.05, 0) is 26.8 Å². The number of rotatable bonds is 6. The van der Waals surface area contributed by atoms with Gasteiger partial charge in [0.2, 0.25) is 5.91 Å². The quantitative estimate of drug-likeness (QED) is 0.852. The molecule has 0 spiro atoms. The number of nitrogens with one attached hydrogen (secondary N) is 2. The number of fused-ring (bicyclic) bond motifs is 1. The summed E-state index contributed by atoms with van der Waals surface area (Å²) in [6.45, 7) is 6.60. The fraction of sp³-hybridized carbons (Fsp3) is 0.444. The summed E-state index contributed by atoms with van der Waals surface area (Å²) in [5, 5.41) is 10.0. The van der Waals surface area contributed by atoms with Gasteiger partial charge in [0.25, 0.3) is 0 Å². The lowest BCUT2D eigenvalue weighted by molar-refractivity contribution is -0.116. The summed E-state index contributed by atoms with van der Waals surface area (Å²) < 4.78 is 10.7. The zero-order valence-electron chi connectivity index (χ0n) is 14.2. The van der Waals surface area contributed by atoms with Gasteiger partial charge in [-0.3, -0.25) is 4.79 Å². The van der Waals surface area contributed by atoms with Gasteiger partial charge in [-0.2, -0.15) is 0 Å². The van der Waals surface area contributed by atoms with Crippen molar-refractivity contribution in [2.24, 2.45) is 0 Å². The van der Waals surface area contributed by atoms with E-state index in [1.807, 2.05) is 25.1 Å². The van der Waals surface area contributed by atoms with E-state index in [0.29, 0.717) is 30.5 Å². The van der Waals surface area contributed by atoms with Crippen LogP contribution in [-0.4, -0.2) is 29.8 Å². The van der Waals surface area contributed by atoms with Crippen LogP contribution in [0, 0.1) is 6.92 Å². The summed E-state index contributed by atoms with van der Waals surface area (Å²) >= 11 is 0. The van der Waals surface area contributed by atoms with Gasteiger partial charge in [-0.15, -0.1) is 0 Å². The molecule has 0 aliphatic carbocycles. The number of benzene rings is 1. The molecule has 1 amide bonds. The molecular weight excluding hydrogens is 306 g/mol. The number of ether oxygens (including phenoxy) is 1. The third-order valence-corrected chi connectivity index (χ3v) is 4.27. The largest absolute Gasteiger partial charge is 0.493 e. The summed E-state index contributed by atoms with van der Waals surface area (Å²) in [4.78, 5) is 12.1. The Bertz CT molecular complexity index is 713. The van der Waals surface area contributed by atoms with E-state index >= 15 is 0 Å². The molecule has 0 unspecified atom stereocenters. The van der Waals surface area contributed by atoms with Crippen LogP contribution in [0.2, 0.25) is 0 Å². The van der Waals surface area contributed by atoms with E-state index in [1.165, 1.54) is 5.56 Å². The molecule has 6 nitrogen and oxygen atoms in total. The molecule has 0 bridgehead atoms. The third-order valence-electron chi connectivity index (χ3n) is 4.27. The van der Waals surface area contributed by atoms with Crippen molar-refractivity contribution in [1.29, 1.82) is 0 Å². The third kappa shape index (κ3) is 3.76. The number of carbonyl (C=O) groups is 1. The van der Waals surface area contributed by atoms with Crippen LogP contribution in [0.1, 0.15) is 37.5 Å². The molecule has 2 aromatic rings. The minimum Gasteiger partial charge on any atom is -0.493 e. The normalized spacial score (nSPS) is 18.5. The van der Waals surface area contributed by atoms with Crippen LogP contribution in [-0.2, 0) is 4.79 Å². The highest BCUT2D eigenvalue weighted by Gasteiger charge is 2.29. The van der Waals surface area contributed by atoms with Crippen molar-refractivity contribution in [2.45, 2.75) is 45.2 Å². The van der Waals surface area contributed by atoms with Crippen molar-refractivity contribution in [3.05, 3.63) is 41.7 Å². The van der Waals surface area contributed by atoms with Crippen molar-refractivity contribution in [3.63, 3.8) is 0 Å². The molecule has 24 heavy (non-hydrogen) atoms. The number of carbonyl (C=O) groups excluding carboxylic acids is 1. The number of para-hydroxylation sites is 1. The number of nitrogens with zero attached hydrogens (tertiary/aromatic N) is 1. The second-order valence-electron chi connectivity index (χ2n) is 6.39. The summed E-state index contributed by atoms with van der Waals surface area (Å²) in [7, 11) is 0. The lowest BCUT2D eigenvalue weighted by Gasteiger charge is -2.24.